The lowest BCUT2D eigenvalue weighted by molar-refractivity contribution is -0.137. The van der Waals surface area contributed by atoms with Crippen LogP contribution in [0.25, 0.3) is 0 Å². The molecule has 19 heavy (non-hydrogen) atoms. The van der Waals surface area contributed by atoms with Gasteiger partial charge in [-0.05, 0) is 34.1 Å². The van der Waals surface area contributed by atoms with Crippen LogP contribution in [0.3, 0.4) is 0 Å². The van der Waals surface area contributed by atoms with Crippen LogP contribution in [-0.2, 0) is 12.7 Å². The third kappa shape index (κ3) is 3.25. The Kier molecular flexibility index (Phi) is 4.10. The SMILES string of the molecule is FC(F)(F)c1cccc(Cl)c1NCc1occc1Br. The van der Waals surface area contributed by atoms with Crippen molar-refractivity contribution in [1.29, 1.82) is 0 Å². The highest BCUT2D eigenvalue weighted by Crippen LogP contribution is 2.38. The molecule has 1 N–H and O–H groups in total. The number of furan rings is 1. The summed E-state index contributed by atoms with van der Waals surface area (Å²) in [6.45, 7) is 0.0976. The summed E-state index contributed by atoms with van der Waals surface area (Å²) in [6, 6.07) is 5.30. The van der Waals surface area contributed by atoms with Crippen LogP contribution >= 0.6 is 27.5 Å². The van der Waals surface area contributed by atoms with Gasteiger partial charge in [-0.2, -0.15) is 13.2 Å². The van der Waals surface area contributed by atoms with Gasteiger partial charge in [-0.3, -0.25) is 0 Å². The molecule has 1 aromatic heterocycles. The molecule has 0 bridgehead atoms. The van der Waals surface area contributed by atoms with E-state index in [0.29, 0.717) is 10.2 Å². The maximum absolute atomic E-state index is 12.8. The molecule has 2 rings (SSSR count). The van der Waals surface area contributed by atoms with E-state index in [2.05, 4.69) is 21.2 Å². The van der Waals surface area contributed by atoms with E-state index in [1.54, 1.807) is 6.07 Å². The van der Waals surface area contributed by atoms with Crippen LogP contribution in [-0.4, -0.2) is 0 Å². The first-order valence-electron chi connectivity index (χ1n) is 5.21. The molecule has 102 valence electrons. The molecule has 0 radical (unpaired) electrons. The molecule has 0 aliphatic rings. The Morgan fingerprint density at radius 3 is 2.58 bits per heavy atom. The van der Waals surface area contributed by atoms with Gasteiger partial charge in [-0.25, -0.2) is 0 Å². The van der Waals surface area contributed by atoms with E-state index in [-0.39, 0.29) is 17.3 Å². The Bertz CT molecular complexity index is 583. The van der Waals surface area contributed by atoms with Gasteiger partial charge >= 0.3 is 6.18 Å². The van der Waals surface area contributed by atoms with Crippen molar-refractivity contribution >= 4 is 33.2 Å². The Balaban J connectivity index is 2.27. The van der Waals surface area contributed by atoms with Crippen molar-refractivity contribution in [2.24, 2.45) is 0 Å². The third-order valence-electron chi connectivity index (χ3n) is 2.44. The fourth-order valence-electron chi connectivity index (χ4n) is 1.56. The smallest absolute Gasteiger partial charge is 0.418 e. The van der Waals surface area contributed by atoms with Crippen LogP contribution in [0.2, 0.25) is 5.02 Å². The van der Waals surface area contributed by atoms with Crippen LogP contribution in [0.5, 0.6) is 0 Å². The lowest BCUT2D eigenvalue weighted by atomic mass is 10.1. The second-order valence-electron chi connectivity index (χ2n) is 3.71. The van der Waals surface area contributed by atoms with Crippen molar-refractivity contribution < 1.29 is 17.6 Å². The molecule has 2 aromatic rings. The predicted molar refractivity (Wildman–Crippen MR) is 70.2 cm³/mol. The van der Waals surface area contributed by atoms with Crippen molar-refractivity contribution in [1.82, 2.24) is 0 Å². The number of rotatable bonds is 3. The monoisotopic (exact) mass is 353 g/mol. The summed E-state index contributed by atoms with van der Waals surface area (Å²) in [5.74, 6) is 0.494. The molecule has 0 atom stereocenters. The van der Waals surface area contributed by atoms with Crippen molar-refractivity contribution in [3.05, 3.63) is 51.3 Å². The number of nitrogens with one attached hydrogen (secondary N) is 1. The molecule has 0 aliphatic carbocycles. The molecule has 2 nitrogen and oxygen atoms in total. The Labute approximate surface area is 120 Å². The molecular formula is C12H8BrClF3NO. The number of anilines is 1. The van der Waals surface area contributed by atoms with E-state index in [1.807, 2.05) is 0 Å². The van der Waals surface area contributed by atoms with E-state index < -0.39 is 11.7 Å². The highest BCUT2D eigenvalue weighted by Gasteiger charge is 2.34. The summed E-state index contributed by atoms with van der Waals surface area (Å²) in [7, 11) is 0. The Morgan fingerprint density at radius 2 is 2.00 bits per heavy atom. The molecule has 0 saturated carbocycles. The summed E-state index contributed by atoms with van der Waals surface area (Å²) in [4.78, 5) is 0. The van der Waals surface area contributed by atoms with Crippen LogP contribution in [0.1, 0.15) is 11.3 Å². The van der Waals surface area contributed by atoms with E-state index in [1.165, 1.54) is 18.4 Å². The fraction of sp³-hybridized carbons (Fsp3) is 0.167. The van der Waals surface area contributed by atoms with Gasteiger partial charge in [0, 0.05) is 0 Å². The van der Waals surface area contributed by atoms with Gasteiger partial charge < -0.3 is 9.73 Å². The highest BCUT2D eigenvalue weighted by molar-refractivity contribution is 9.10. The number of hydrogen-bond donors (Lipinski definition) is 1. The molecule has 1 heterocycles. The first-order chi connectivity index (χ1) is 8.89. The molecule has 0 amide bonds. The quantitative estimate of drug-likeness (QED) is 0.806. The summed E-state index contributed by atoms with van der Waals surface area (Å²) >= 11 is 9.04. The predicted octanol–water partition coefficient (Wildman–Crippen LogP) is 5.33. The summed E-state index contributed by atoms with van der Waals surface area (Å²) < 4.78 is 44.3. The third-order valence-corrected chi connectivity index (χ3v) is 3.46. The molecule has 0 saturated heterocycles. The van der Waals surface area contributed by atoms with Gasteiger partial charge in [-0.15, -0.1) is 0 Å². The van der Waals surface area contributed by atoms with Crippen molar-refractivity contribution in [3.8, 4) is 0 Å². The fourth-order valence-corrected chi connectivity index (χ4v) is 2.14. The average Bonchev–Trinajstić information content (AvgIpc) is 2.72. The minimum atomic E-state index is -4.46. The van der Waals surface area contributed by atoms with E-state index in [9.17, 15) is 13.2 Å². The van der Waals surface area contributed by atoms with Crippen LogP contribution in [0, 0.1) is 0 Å². The van der Waals surface area contributed by atoms with Crippen molar-refractivity contribution in [2.75, 3.05) is 5.32 Å². The van der Waals surface area contributed by atoms with Gasteiger partial charge in [0.25, 0.3) is 0 Å². The molecule has 7 heteroatoms. The molecule has 0 fully saturated rings. The zero-order chi connectivity index (χ0) is 14.0. The van der Waals surface area contributed by atoms with Gasteiger partial charge in [0.2, 0.25) is 0 Å². The minimum absolute atomic E-state index is 0.0116. The molecule has 0 aliphatic heterocycles. The van der Waals surface area contributed by atoms with E-state index in [0.717, 1.165) is 6.07 Å². The van der Waals surface area contributed by atoms with Gasteiger partial charge in [0.15, 0.2) is 0 Å². The number of para-hydroxylation sites is 1. The summed E-state index contributed by atoms with van der Waals surface area (Å²) in [6.07, 6.45) is -3.02. The lowest BCUT2D eigenvalue weighted by Crippen LogP contribution is -2.11. The number of hydrogen-bond acceptors (Lipinski definition) is 2. The highest BCUT2D eigenvalue weighted by atomic mass is 79.9. The van der Waals surface area contributed by atoms with E-state index >= 15 is 0 Å². The molecule has 1 aromatic carbocycles. The number of alkyl halides is 3. The largest absolute Gasteiger partial charge is 0.466 e. The summed E-state index contributed by atoms with van der Waals surface area (Å²) in [5.41, 5.74) is -0.956. The standard InChI is InChI=1S/C12H8BrClF3NO/c13-8-4-5-19-10(8)6-18-11-7(12(15,16)17)2-1-3-9(11)14/h1-5,18H,6H2. The number of halogens is 5. The minimum Gasteiger partial charge on any atom is -0.466 e. The average molecular weight is 355 g/mol. The maximum atomic E-state index is 12.8. The summed E-state index contributed by atoms with van der Waals surface area (Å²) in [5, 5.41) is 2.67. The second-order valence-corrected chi connectivity index (χ2v) is 4.97. The zero-order valence-corrected chi connectivity index (χ0v) is 11.7. The molecule has 0 spiro atoms. The van der Waals surface area contributed by atoms with E-state index in [4.69, 9.17) is 16.0 Å². The van der Waals surface area contributed by atoms with Crippen molar-refractivity contribution in [2.45, 2.75) is 12.7 Å². The number of benzene rings is 1. The first-order valence-corrected chi connectivity index (χ1v) is 6.38. The Morgan fingerprint density at radius 1 is 1.26 bits per heavy atom. The second kappa shape index (κ2) is 5.46. The van der Waals surface area contributed by atoms with Gasteiger partial charge in [-0.1, -0.05) is 17.7 Å². The topological polar surface area (TPSA) is 25.2 Å². The van der Waals surface area contributed by atoms with Crippen LogP contribution < -0.4 is 5.32 Å². The Hall–Kier alpha value is -1.14. The zero-order valence-electron chi connectivity index (χ0n) is 9.39. The van der Waals surface area contributed by atoms with Crippen molar-refractivity contribution in [3.63, 3.8) is 0 Å². The lowest BCUT2D eigenvalue weighted by Gasteiger charge is -2.15. The molecule has 0 unspecified atom stereocenters. The normalized spacial score (nSPS) is 11.6. The maximum Gasteiger partial charge on any atom is 0.418 e. The van der Waals surface area contributed by atoms with Crippen LogP contribution in [0.4, 0.5) is 18.9 Å². The molecular weight excluding hydrogens is 346 g/mol. The van der Waals surface area contributed by atoms with Gasteiger partial charge in [0.1, 0.15) is 5.76 Å². The van der Waals surface area contributed by atoms with Crippen LogP contribution in [0.15, 0.2) is 39.4 Å². The van der Waals surface area contributed by atoms with Gasteiger partial charge in [0.05, 0.1) is 33.6 Å². The first kappa shape index (κ1) is 14.3.